The summed E-state index contributed by atoms with van der Waals surface area (Å²) in [6.07, 6.45) is -0.419. The number of hydrogen-bond donors (Lipinski definition) is 1. The molecule has 3 aromatic carbocycles. The summed E-state index contributed by atoms with van der Waals surface area (Å²) < 4.78 is 32.7. The van der Waals surface area contributed by atoms with Gasteiger partial charge in [0.15, 0.2) is 6.10 Å². The van der Waals surface area contributed by atoms with Crippen LogP contribution in [0, 0.1) is 17.8 Å². The molecule has 0 aliphatic rings. The van der Waals surface area contributed by atoms with E-state index in [1.807, 2.05) is 74.5 Å². The van der Waals surface area contributed by atoms with Crippen molar-refractivity contribution in [2.75, 3.05) is 13.7 Å². The van der Waals surface area contributed by atoms with Gasteiger partial charge in [0.05, 0.1) is 13.7 Å². The van der Waals surface area contributed by atoms with Crippen molar-refractivity contribution in [3.63, 3.8) is 0 Å². The summed E-state index contributed by atoms with van der Waals surface area (Å²) in [5, 5.41) is 12.5. The number of aliphatic hydroxyl groups excluding tert-OH is 1. The Morgan fingerprint density at radius 3 is 1.98 bits per heavy atom. The van der Waals surface area contributed by atoms with Gasteiger partial charge in [-0.05, 0) is 46.1 Å². The van der Waals surface area contributed by atoms with Gasteiger partial charge in [-0.2, -0.15) is 0 Å². The lowest BCUT2D eigenvalue weighted by Crippen LogP contribution is -2.67. The van der Waals surface area contributed by atoms with Crippen LogP contribution in [0.3, 0.4) is 0 Å². The molecule has 0 aromatic heterocycles. The van der Waals surface area contributed by atoms with E-state index in [4.69, 9.17) is 13.9 Å². The molecule has 0 bridgehead atoms. The van der Waals surface area contributed by atoms with E-state index in [9.17, 15) is 9.50 Å². The summed E-state index contributed by atoms with van der Waals surface area (Å²) in [5.41, 5.74) is 0.970. The van der Waals surface area contributed by atoms with Crippen LogP contribution in [0.15, 0.2) is 96.8 Å². The number of hydrogen-bond acceptors (Lipinski definition) is 4. The highest BCUT2D eigenvalue weighted by Gasteiger charge is 2.51. The van der Waals surface area contributed by atoms with E-state index in [2.05, 4.69) is 56.9 Å². The summed E-state index contributed by atoms with van der Waals surface area (Å²) in [4.78, 5) is 0. The fourth-order valence-corrected chi connectivity index (χ4v) is 9.49. The fourth-order valence-electron chi connectivity index (χ4n) is 4.70. The molecule has 212 valence electrons. The maximum absolute atomic E-state index is 15.0. The van der Waals surface area contributed by atoms with Crippen LogP contribution >= 0.6 is 0 Å². The molecule has 0 amide bonds. The largest absolute Gasteiger partial charge is 0.497 e. The maximum Gasteiger partial charge on any atom is 0.261 e. The van der Waals surface area contributed by atoms with E-state index in [1.54, 1.807) is 7.11 Å². The summed E-state index contributed by atoms with van der Waals surface area (Å²) >= 11 is 0. The lowest BCUT2D eigenvalue weighted by Gasteiger charge is -2.45. The minimum Gasteiger partial charge on any atom is -0.497 e. The third-order valence-electron chi connectivity index (χ3n) is 7.04. The summed E-state index contributed by atoms with van der Waals surface area (Å²) in [7, 11) is -1.17. The quantitative estimate of drug-likeness (QED) is 0.177. The molecule has 3 atom stereocenters. The van der Waals surface area contributed by atoms with Gasteiger partial charge in [0.2, 0.25) is 0 Å². The molecule has 0 radical (unpaired) electrons. The van der Waals surface area contributed by atoms with E-state index < -0.39 is 20.2 Å². The van der Waals surface area contributed by atoms with Crippen LogP contribution in [0.2, 0.25) is 5.04 Å². The Balaban J connectivity index is 1.70. The molecule has 0 saturated carbocycles. The summed E-state index contributed by atoms with van der Waals surface area (Å²) in [6.45, 7) is 11.0. The molecule has 0 fully saturated rings. The van der Waals surface area contributed by atoms with Crippen molar-refractivity contribution < 1.29 is 23.4 Å². The Morgan fingerprint density at radius 2 is 1.48 bits per heavy atom. The van der Waals surface area contributed by atoms with Gasteiger partial charge in [-0.25, -0.2) is 4.39 Å². The molecular weight excluding hydrogens is 519 g/mol. The summed E-state index contributed by atoms with van der Waals surface area (Å²) in [6, 6.07) is 28.2. The lowest BCUT2D eigenvalue weighted by atomic mass is 10.0. The van der Waals surface area contributed by atoms with Crippen LogP contribution in [0.1, 0.15) is 40.2 Å². The molecule has 1 N–H and O–H groups in total. The number of halogens is 1. The Hall–Kier alpha value is -3.21. The van der Waals surface area contributed by atoms with Gasteiger partial charge in [0, 0.05) is 12.0 Å². The molecule has 3 aromatic rings. The Bertz CT molecular complexity index is 1240. The van der Waals surface area contributed by atoms with Crippen molar-refractivity contribution in [1.29, 1.82) is 0 Å². The van der Waals surface area contributed by atoms with E-state index >= 15 is 0 Å². The average Bonchev–Trinajstić information content (AvgIpc) is 2.96. The van der Waals surface area contributed by atoms with Crippen LogP contribution in [0.5, 0.6) is 5.75 Å². The highest BCUT2D eigenvalue weighted by molar-refractivity contribution is 6.99. The zero-order valence-electron chi connectivity index (χ0n) is 24.4. The highest BCUT2D eigenvalue weighted by Crippen LogP contribution is 2.38. The third-order valence-corrected chi connectivity index (χ3v) is 12.2. The molecule has 0 aliphatic carbocycles. The smallest absolute Gasteiger partial charge is 0.261 e. The van der Waals surface area contributed by atoms with Crippen molar-refractivity contribution in [3.8, 4) is 17.6 Å². The standard InChI is InChI=1S/C34H41FO4Si/c1-26(24-32(35)33(36)18-13-23-38-25-28-19-21-29(37-6)22-20-28)27(2)39-40(34(3,4)5,30-14-9-7-10-15-30)31-16-11-8-12-17-31/h7-12,14-17,19-22,24,26-27,33,36H,23,25H2,1-6H3/b32-24+/t26?,27?,33-/m0/s1. The van der Waals surface area contributed by atoms with Crippen molar-refractivity contribution in [2.24, 2.45) is 5.92 Å². The molecule has 3 rings (SSSR count). The first-order chi connectivity index (χ1) is 19.1. The first kappa shape index (κ1) is 31.3. The molecule has 0 saturated heterocycles. The Kier molecular flexibility index (Phi) is 11.3. The normalized spacial score (nSPS) is 14.6. The van der Waals surface area contributed by atoms with Gasteiger partial charge in [-0.15, -0.1) is 0 Å². The molecule has 6 heteroatoms. The second-order valence-corrected chi connectivity index (χ2v) is 15.2. The summed E-state index contributed by atoms with van der Waals surface area (Å²) in [5.74, 6) is 5.04. The minimum absolute atomic E-state index is 0.0826. The first-order valence-electron chi connectivity index (χ1n) is 13.6. The Morgan fingerprint density at radius 1 is 0.925 bits per heavy atom. The zero-order valence-corrected chi connectivity index (χ0v) is 25.4. The van der Waals surface area contributed by atoms with Gasteiger partial charge in [-0.1, -0.05) is 112 Å². The van der Waals surface area contributed by atoms with E-state index in [0.717, 1.165) is 21.7 Å². The van der Waals surface area contributed by atoms with Crippen molar-refractivity contribution >= 4 is 18.7 Å². The van der Waals surface area contributed by atoms with Crippen molar-refractivity contribution in [3.05, 3.63) is 102 Å². The minimum atomic E-state index is -2.78. The highest BCUT2D eigenvalue weighted by atomic mass is 28.4. The molecule has 4 nitrogen and oxygen atoms in total. The first-order valence-corrected chi connectivity index (χ1v) is 15.5. The lowest BCUT2D eigenvalue weighted by molar-refractivity contribution is 0.152. The number of aliphatic hydroxyl groups is 1. The van der Waals surface area contributed by atoms with Crippen LogP contribution < -0.4 is 15.1 Å². The topological polar surface area (TPSA) is 47.9 Å². The molecule has 0 heterocycles. The second kappa shape index (κ2) is 14.4. The van der Waals surface area contributed by atoms with Gasteiger partial charge in [0.1, 0.15) is 18.2 Å². The maximum atomic E-state index is 15.0. The van der Waals surface area contributed by atoms with E-state index in [0.29, 0.717) is 6.61 Å². The number of methoxy groups -OCH3 is 1. The van der Waals surface area contributed by atoms with Gasteiger partial charge in [-0.3, -0.25) is 0 Å². The van der Waals surface area contributed by atoms with Crippen molar-refractivity contribution in [2.45, 2.75) is 58.5 Å². The molecule has 0 aliphatic heterocycles. The predicted octanol–water partition coefficient (Wildman–Crippen LogP) is 6.03. The predicted molar refractivity (Wildman–Crippen MR) is 163 cm³/mol. The van der Waals surface area contributed by atoms with Crippen LogP contribution in [-0.2, 0) is 15.8 Å². The Labute approximate surface area is 239 Å². The number of benzene rings is 3. The zero-order chi connectivity index (χ0) is 29.2. The second-order valence-electron chi connectivity index (χ2n) is 11.0. The molecular formula is C34H41FO4Si. The van der Waals surface area contributed by atoms with E-state index in [1.165, 1.54) is 6.08 Å². The van der Waals surface area contributed by atoms with E-state index in [-0.39, 0.29) is 23.7 Å². The number of ether oxygens (including phenoxy) is 2. The van der Waals surface area contributed by atoms with Gasteiger partial charge >= 0.3 is 0 Å². The SMILES string of the molecule is COc1ccc(COCC#C[C@H](O)/C(F)=C\C(C)C(C)O[Si](c2ccccc2)(c2ccccc2)C(C)(C)C)cc1. The van der Waals surface area contributed by atoms with Crippen LogP contribution in [0.4, 0.5) is 4.39 Å². The number of rotatable bonds is 11. The molecule has 0 spiro atoms. The van der Waals surface area contributed by atoms with Gasteiger partial charge in [0.25, 0.3) is 8.32 Å². The average molecular weight is 561 g/mol. The monoisotopic (exact) mass is 560 g/mol. The molecule has 40 heavy (non-hydrogen) atoms. The third kappa shape index (κ3) is 7.93. The van der Waals surface area contributed by atoms with Gasteiger partial charge < -0.3 is 19.0 Å². The van der Waals surface area contributed by atoms with Crippen LogP contribution in [-0.4, -0.2) is 39.3 Å². The van der Waals surface area contributed by atoms with Crippen molar-refractivity contribution in [1.82, 2.24) is 0 Å². The molecule has 2 unspecified atom stereocenters. The fraction of sp³-hybridized carbons (Fsp3) is 0.353. The van der Waals surface area contributed by atoms with Crippen LogP contribution in [0.25, 0.3) is 0 Å².